The van der Waals surface area contributed by atoms with Gasteiger partial charge in [0.1, 0.15) is 0 Å². The zero-order chi connectivity index (χ0) is 13.8. The first-order valence-electron chi connectivity index (χ1n) is 7.13. The van der Waals surface area contributed by atoms with E-state index >= 15 is 0 Å². The Morgan fingerprint density at radius 3 is 2.84 bits per heavy atom. The number of carbonyl (C=O) groups is 1. The molecule has 0 bridgehead atoms. The van der Waals surface area contributed by atoms with E-state index in [2.05, 4.69) is 36.5 Å². The SMILES string of the molecule is CC(=O)N(C)Cc1cccc(NC2CCCC2C)c1. The van der Waals surface area contributed by atoms with Gasteiger partial charge in [0.15, 0.2) is 0 Å². The lowest BCUT2D eigenvalue weighted by Crippen LogP contribution is -2.24. The molecule has 0 radical (unpaired) electrons. The van der Waals surface area contributed by atoms with Gasteiger partial charge in [0.2, 0.25) is 5.91 Å². The van der Waals surface area contributed by atoms with Gasteiger partial charge >= 0.3 is 0 Å². The first-order chi connectivity index (χ1) is 9.06. The molecule has 1 amide bonds. The molecular formula is C16H24N2O. The van der Waals surface area contributed by atoms with Gasteiger partial charge in [0.05, 0.1) is 0 Å². The number of amides is 1. The maximum Gasteiger partial charge on any atom is 0.219 e. The number of hydrogen-bond donors (Lipinski definition) is 1. The van der Waals surface area contributed by atoms with Crippen LogP contribution >= 0.6 is 0 Å². The van der Waals surface area contributed by atoms with Crippen molar-refractivity contribution < 1.29 is 4.79 Å². The van der Waals surface area contributed by atoms with Crippen LogP contribution < -0.4 is 5.32 Å². The van der Waals surface area contributed by atoms with Crippen LogP contribution in [0.2, 0.25) is 0 Å². The Hall–Kier alpha value is -1.51. The molecule has 0 aliphatic heterocycles. The molecule has 1 saturated carbocycles. The average molecular weight is 260 g/mol. The Kier molecular flexibility index (Phi) is 4.46. The van der Waals surface area contributed by atoms with Crippen LogP contribution in [-0.4, -0.2) is 23.9 Å². The number of nitrogens with zero attached hydrogens (tertiary/aromatic N) is 1. The fourth-order valence-corrected chi connectivity index (χ4v) is 2.72. The summed E-state index contributed by atoms with van der Waals surface area (Å²) in [5.74, 6) is 0.853. The Bertz CT molecular complexity index is 444. The summed E-state index contributed by atoms with van der Waals surface area (Å²) in [6.45, 7) is 4.59. The monoisotopic (exact) mass is 260 g/mol. The van der Waals surface area contributed by atoms with E-state index in [0.29, 0.717) is 12.6 Å². The van der Waals surface area contributed by atoms with E-state index in [-0.39, 0.29) is 5.91 Å². The molecule has 1 N–H and O–H groups in total. The number of carbonyl (C=O) groups excluding carboxylic acids is 1. The van der Waals surface area contributed by atoms with Crippen LogP contribution in [-0.2, 0) is 11.3 Å². The number of benzene rings is 1. The van der Waals surface area contributed by atoms with Crippen molar-refractivity contribution in [3.63, 3.8) is 0 Å². The molecule has 1 fully saturated rings. The summed E-state index contributed by atoms with van der Waals surface area (Å²) in [7, 11) is 1.83. The predicted octanol–water partition coefficient (Wildman–Crippen LogP) is 3.27. The molecule has 3 nitrogen and oxygen atoms in total. The second kappa shape index (κ2) is 6.09. The summed E-state index contributed by atoms with van der Waals surface area (Å²) in [6.07, 6.45) is 3.91. The van der Waals surface area contributed by atoms with Crippen LogP contribution in [0.5, 0.6) is 0 Å². The Morgan fingerprint density at radius 1 is 1.42 bits per heavy atom. The van der Waals surface area contributed by atoms with Gasteiger partial charge in [-0.15, -0.1) is 0 Å². The smallest absolute Gasteiger partial charge is 0.219 e. The van der Waals surface area contributed by atoms with Gasteiger partial charge in [-0.2, -0.15) is 0 Å². The predicted molar refractivity (Wildman–Crippen MR) is 79.0 cm³/mol. The topological polar surface area (TPSA) is 32.3 Å². The van der Waals surface area contributed by atoms with Crippen molar-refractivity contribution in [1.29, 1.82) is 0 Å². The van der Waals surface area contributed by atoms with Gasteiger partial charge in [-0.25, -0.2) is 0 Å². The van der Waals surface area contributed by atoms with Crippen LogP contribution in [0.15, 0.2) is 24.3 Å². The highest BCUT2D eigenvalue weighted by Gasteiger charge is 2.22. The maximum atomic E-state index is 11.3. The summed E-state index contributed by atoms with van der Waals surface area (Å²) >= 11 is 0. The van der Waals surface area contributed by atoms with Crippen molar-refractivity contribution in [3.8, 4) is 0 Å². The van der Waals surface area contributed by atoms with Crippen molar-refractivity contribution >= 4 is 11.6 Å². The standard InChI is InChI=1S/C16H24N2O/c1-12-6-4-9-16(12)17-15-8-5-7-14(10-15)11-18(3)13(2)19/h5,7-8,10,12,16-17H,4,6,9,11H2,1-3H3. The van der Waals surface area contributed by atoms with E-state index in [4.69, 9.17) is 0 Å². The number of hydrogen-bond acceptors (Lipinski definition) is 2. The summed E-state index contributed by atoms with van der Waals surface area (Å²) in [5.41, 5.74) is 2.35. The quantitative estimate of drug-likeness (QED) is 0.901. The van der Waals surface area contributed by atoms with E-state index in [9.17, 15) is 4.79 Å². The van der Waals surface area contributed by atoms with E-state index in [1.165, 1.54) is 30.5 Å². The van der Waals surface area contributed by atoms with Crippen LogP contribution in [0.25, 0.3) is 0 Å². The molecule has 1 aliphatic carbocycles. The Morgan fingerprint density at radius 2 is 2.21 bits per heavy atom. The fourth-order valence-electron chi connectivity index (χ4n) is 2.72. The lowest BCUT2D eigenvalue weighted by atomic mass is 10.1. The molecule has 3 heteroatoms. The van der Waals surface area contributed by atoms with Gasteiger partial charge in [0.25, 0.3) is 0 Å². The highest BCUT2D eigenvalue weighted by molar-refractivity contribution is 5.72. The van der Waals surface area contributed by atoms with Crippen LogP contribution in [0.1, 0.15) is 38.7 Å². The lowest BCUT2D eigenvalue weighted by Gasteiger charge is -2.20. The molecule has 19 heavy (non-hydrogen) atoms. The molecular weight excluding hydrogens is 236 g/mol. The molecule has 2 unspecified atom stereocenters. The van der Waals surface area contributed by atoms with E-state index < -0.39 is 0 Å². The van der Waals surface area contributed by atoms with Crippen molar-refractivity contribution in [2.45, 2.75) is 45.7 Å². The first-order valence-corrected chi connectivity index (χ1v) is 7.13. The third kappa shape index (κ3) is 3.72. The van der Waals surface area contributed by atoms with Gasteiger partial charge in [-0.1, -0.05) is 25.5 Å². The van der Waals surface area contributed by atoms with Crippen LogP contribution in [0, 0.1) is 5.92 Å². The zero-order valence-electron chi connectivity index (χ0n) is 12.1. The number of anilines is 1. The minimum Gasteiger partial charge on any atom is -0.382 e. The summed E-state index contributed by atoms with van der Waals surface area (Å²) in [5, 5.41) is 3.63. The molecule has 2 rings (SSSR count). The van der Waals surface area contributed by atoms with Crippen LogP contribution in [0.3, 0.4) is 0 Å². The second-order valence-electron chi connectivity index (χ2n) is 5.73. The van der Waals surface area contributed by atoms with Crippen molar-refractivity contribution in [1.82, 2.24) is 4.90 Å². The zero-order valence-corrected chi connectivity index (χ0v) is 12.1. The number of nitrogens with one attached hydrogen (secondary N) is 1. The van der Waals surface area contributed by atoms with Crippen molar-refractivity contribution in [3.05, 3.63) is 29.8 Å². The highest BCUT2D eigenvalue weighted by Crippen LogP contribution is 2.28. The Balaban J connectivity index is 2.00. The average Bonchev–Trinajstić information content (AvgIpc) is 2.75. The molecule has 2 atom stereocenters. The lowest BCUT2D eigenvalue weighted by molar-refractivity contribution is -0.128. The molecule has 0 saturated heterocycles. The minimum atomic E-state index is 0.0998. The fraction of sp³-hybridized carbons (Fsp3) is 0.562. The second-order valence-corrected chi connectivity index (χ2v) is 5.73. The van der Waals surface area contributed by atoms with Crippen molar-refractivity contribution in [2.75, 3.05) is 12.4 Å². The summed E-state index contributed by atoms with van der Waals surface area (Å²) < 4.78 is 0. The Labute approximate surface area is 116 Å². The molecule has 1 aliphatic rings. The largest absolute Gasteiger partial charge is 0.382 e. The first kappa shape index (κ1) is 13.9. The van der Waals surface area contributed by atoms with Crippen molar-refractivity contribution in [2.24, 2.45) is 5.92 Å². The van der Waals surface area contributed by atoms with E-state index in [0.717, 1.165) is 5.92 Å². The maximum absolute atomic E-state index is 11.3. The highest BCUT2D eigenvalue weighted by atomic mass is 16.2. The molecule has 0 heterocycles. The third-order valence-corrected chi connectivity index (χ3v) is 4.10. The van der Waals surface area contributed by atoms with Gasteiger partial charge < -0.3 is 10.2 Å². The van der Waals surface area contributed by atoms with E-state index in [1.54, 1.807) is 11.8 Å². The molecule has 104 valence electrons. The molecule has 1 aromatic carbocycles. The molecule has 0 spiro atoms. The van der Waals surface area contributed by atoms with Gasteiger partial charge in [0, 0.05) is 32.2 Å². The molecule has 1 aromatic rings. The summed E-state index contributed by atoms with van der Waals surface area (Å²) in [6, 6.07) is 9.00. The van der Waals surface area contributed by atoms with Crippen LogP contribution in [0.4, 0.5) is 5.69 Å². The normalized spacial score (nSPS) is 22.3. The van der Waals surface area contributed by atoms with Gasteiger partial charge in [-0.05, 0) is 36.5 Å². The minimum absolute atomic E-state index is 0.0998. The summed E-state index contributed by atoms with van der Waals surface area (Å²) in [4.78, 5) is 13.0. The third-order valence-electron chi connectivity index (χ3n) is 4.10. The molecule has 0 aromatic heterocycles. The van der Waals surface area contributed by atoms with Gasteiger partial charge in [-0.3, -0.25) is 4.79 Å². The number of rotatable bonds is 4. The van der Waals surface area contributed by atoms with E-state index in [1.807, 2.05) is 7.05 Å².